The number of carbonyl (C=O) groups excluding carboxylic acids is 1. The first kappa shape index (κ1) is 18.1. The Morgan fingerprint density at radius 3 is 2.81 bits per heavy atom. The van der Waals surface area contributed by atoms with Gasteiger partial charge >= 0.3 is 12.3 Å². The van der Waals surface area contributed by atoms with Crippen LogP contribution >= 0.6 is 27.7 Å². The lowest BCUT2D eigenvalue weighted by atomic mass is 9.86. The molecule has 1 saturated heterocycles. The minimum absolute atomic E-state index is 0.0471. The zero-order chi connectivity index (χ0) is 15.4. The molecule has 4 nitrogen and oxygen atoms in total. The smallest absolute Gasteiger partial charge is 0.336 e. The SMILES string of the molecule is CCC[C@H](CC[C@@H]1[C@H]2CC(=O)O[C@H]2C[C@H]1OB(P)P)OP. The molecule has 120 valence electrons. The first-order valence-electron chi connectivity index (χ1n) is 7.76. The Hall–Kier alpha value is 0.745. The van der Waals surface area contributed by atoms with Crippen LogP contribution in [0.2, 0.25) is 0 Å². The molecule has 0 radical (unpaired) electrons. The van der Waals surface area contributed by atoms with Crippen LogP contribution in [0.25, 0.3) is 0 Å². The van der Waals surface area contributed by atoms with Crippen molar-refractivity contribution in [3.63, 3.8) is 0 Å². The van der Waals surface area contributed by atoms with Crippen LogP contribution in [0.5, 0.6) is 0 Å². The first-order chi connectivity index (χ1) is 10.0. The highest BCUT2D eigenvalue weighted by Crippen LogP contribution is 2.45. The third-order valence-electron chi connectivity index (χ3n) is 4.61. The number of carbonyl (C=O) groups is 1. The highest BCUT2D eigenvalue weighted by Gasteiger charge is 2.50. The van der Waals surface area contributed by atoms with Gasteiger partial charge in [0.2, 0.25) is 0 Å². The number of hydrogen-bond acceptors (Lipinski definition) is 4. The molecular formula is C13H26BO4P3. The minimum atomic E-state index is -0.0471. The summed E-state index contributed by atoms with van der Waals surface area (Å²) in [5.74, 6) is 0.668. The van der Waals surface area contributed by atoms with Gasteiger partial charge in [0.15, 0.2) is 0 Å². The lowest BCUT2D eigenvalue weighted by Crippen LogP contribution is -2.27. The van der Waals surface area contributed by atoms with Gasteiger partial charge in [0, 0.05) is 27.9 Å². The van der Waals surface area contributed by atoms with Gasteiger partial charge in [-0.3, -0.25) is 4.79 Å². The maximum atomic E-state index is 11.5. The fourth-order valence-corrected chi connectivity index (χ4v) is 4.37. The summed E-state index contributed by atoms with van der Waals surface area (Å²) in [5.41, 5.74) is 0. The number of ether oxygens (including phenoxy) is 1. The van der Waals surface area contributed by atoms with Crippen LogP contribution in [0.3, 0.4) is 0 Å². The zero-order valence-electron chi connectivity index (χ0n) is 12.6. The summed E-state index contributed by atoms with van der Waals surface area (Å²) in [6.45, 7) is 2.17. The number of rotatable bonds is 8. The van der Waals surface area contributed by atoms with Crippen molar-refractivity contribution in [1.82, 2.24) is 0 Å². The summed E-state index contributed by atoms with van der Waals surface area (Å²) >= 11 is 0. The zero-order valence-corrected chi connectivity index (χ0v) is 16.0. The molecule has 0 aromatic carbocycles. The highest BCUT2D eigenvalue weighted by atomic mass is 31.1. The molecule has 0 aromatic rings. The fourth-order valence-electron chi connectivity index (χ4n) is 3.70. The molecule has 8 heteroatoms. The van der Waals surface area contributed by atoms with Gasteiger partial charge in [-0.15, -0.1) is 18.2 Å². The van der Waals surface area contributed by atoms with Gasteiger partial charge < -0.3 is 13.9 Å². The molecule has 0 bridgehead atoms. The van der Waals surface area contributed by atoms with E-state index in [9.17, 15) is 4.79 Å². The Kier molecular flexibility index (Phi) is 7.37. The van der Waals surface area contributed by atoms with Crippen molar-refractivity contribution in [3.05, 3.63) is 0 Å². The molecule has 1 aliphatic carbocycles. The summed E-state index contributed by atoms with van der Waals surface area (Å²) in [7, 11) is 7.69. The highest BCUT2D eigenvalue weighted by molar-refractivity contribution is 7.92. The molecular weight excluding hydrogens is 324 g/mol. The molecule has 21 heavy (non-hydrogen) atoms. The van der Waals surface area contributed by atoms with Crippen molar-refractivity contribution in [1.29, 1.82) is 0 Å². The van der Waals surface area contributed by atoms with Gasteiger partial charge in [-0.1, -0.05) is 13.3 Å². The van der Waals surface area contributed by atoms with E-state index in [1.54, 1.807) is 0 Å². The maximum Gasteiger partial charge on any atom is 0.336 e. The van der Waals surface area contributed by atoms with Crippen molar-refractivity contribution < 1.29 is 18.7 Å². The molecule has 1 heterocycles. The number of fused-ring (bicyclic) bond motifs is 1. The molecule has 0 aromatic heterocycles. The first-order valence-corrected chi connectivity index (χ1v) is 9.57. The van der Waals surface area contributed by atoms with Crippen LogP contribution in [0.15, 0.2) is 0 Å². The topological polar surface area (TPSA) is 44.8 Å². The van der Waals surface area contributed by atoms with Crippen LogP contribution in [0, 0.1) is 11.8 Å². The van der Waals surface area contributed by atoms with E-state index in [-0.39, 0.29) is 30.6 Å². The summed E-state index contributed by atoms with van der Waals surface area (Å²) in [6, 6.07) is 0. The summed E-state index contributed by atoms with van der Waals surface area (Å²) in [4.78, 5) is 11.5. The van der Waals surface area contributed by atoms with Gasteiger partial charge in [-0.25, -0.2) is 0 Å². The van der Waals surface area contributed by atoms with Gasteiger partial charge in [0.25, 0.3) is 0 Å². The Morgan fingerprint density at radius 1 is 1.43 bits per heavy atom. The molecule has 1 aliphatic heterocycles. The summed E-state index contributed by atoms with van der Waals surface area (Å²) in [5, 5.41) is 0. The van der Waals surface area contributed by atoms with Crippen molar-refractivity contribution in [2.45, 2.75) is 63.8 Å². The molecule has 0 spiro atoms. The Labute approximate surface area is 134 Å². The molecule has 2 rings (SSSR count). The predicted octanol–water partition coefficient (Wildman–Crippen LogP) is 2.81. The normalized spacial score (nSPS) is 32.9. The molecule has 0 amide bonds. The molecule has 2 aliphatic rings. The minimum Gasteiger partial charge on any atom is -0.462 e. The third kappa shape index (κ3) is 4.86. The molecule has 2 fully saturated rings. The van der Waals surface area contributed by atoms with E-state index in [1.807, 2.05) is 0 Å². The third-order valence-corrected chi connectivity index (χ3v) is 5.31. The Balaban J connectivity index is 1.95. The molecule has 8 atom stereocenters. The van der Waals surface area contributed by atoms with Crippen LogP contribution in [-0.4, -0.2) is 30.6 Å². The molecule has 0 N–H and O–H groups in total. The summed E-state index contributed by atoms with van der Waals surface area (Å²) in [6.07, 6.45) is 6.19. The number of hydrogen-bond donors (Lipinski definition) is 0. The lowest BCUT2D eigenvalue weighted by molar-refractivity contribution is -0.141. The monoisotopic (exact) mass is 350 g/mol. The predicted molar refractivity (Wildman–Crippen MR) is 94.9 cm³/mol. The molecule has 1 saturated carbocycles. The second-order valence-electron chi connectivity index (χ2n) is 6.06. The van der Waals surface area contributed by atoms with Crippen molar-refractivity contribution in [2.75, 3.05) is 0 Å². The standard InChI is InChI=1S/C13H26BO4P3/c1-2-3-8(18-21)4-5-9-10-6-13(15)16-11(10)7-12(9)17-14(19)20/h8-12H,2-7,19-21H2,1H3/t8-,9-,10-,11+,12-/m1/s1. The Bertz CT molecular complexity index is 358. The fraction of sp³-hybridized carbons (Fsp3) is 0.923. The number of esters is 1. The van der Waals surface area contributed by atoms with Gasteiger partial charge in [0.05, 0.1) is 12.5 Å². The van der Waals surface area contributed by atoms with Gasteiger partial charge in [-0.05, 0) is 25.2 Å². The van der Waals surface area contributed by atoms with E-state index in [2.05, 4.69) is 34.6 Å². The Morgan fingerprint density at radius 2 is 2.19 bits per heavy atom. The lowest BCUT2D eigenvalue weighted by Gasteiger charge is -2.26. The van der Waals surface area contributed by atoms with Crippen LogP contribution in [0.1, 0.15) is 45.4 Å². The second-order valence-corrected chi connectivity index (χ2v) is 8.42. The van der Waals surface area contributed by atoms with Crippen LogP contribution in [0.4, 0.5) is 0 Å². The largest absolute Gasteiger partial charge is 0.462 e. The molecule has 3 unspecified atom stereocenters. The van der Waals surface area contributed by atoms with E-state index >= 15 is 0 Å². The second kappa shape index (κ2) is 8.56. The van der Waals surface area contributed by atoms with E-state index in [0.29, 0.717) is 18.3 Å². The van der Waals surface area contributed by atoms with Crippen molar-refractivity contribution in [2.24, 2.45) is 11.8 Å². The maximum absolute atomic E-state index is 11.5. The van der Waals surface area contributed by atoms with Crippen molar-refractivity contribution >= 4 is 40.0 Å². The van der Waals surface area contributed by atoms with Gasteiger partial charge in [-0.2, -0.15) is 0 Å². The van der Waals surface area contributed by atoms with E-state index < -0.39 is 0 Å². The van der Waals surface area contributed by atoms with Crippen molar-refractivity contribution in [3.8, 4) is 0 Å². The summed E-state index contributed by atoms with van der Waals surface area (Å²) < 4.78 is 16.9. The van der Waals surface area contributed by atoms with E-state index in [0.717, 1.165) is 32.1 Å². The average molecular weight is 350 g/mol. The quantitative estimate of drug-likeness (QED) is 0.384. The van der Waals surface area contributed by atoms with Crippen LogP contribution < -0.4 is 0 Å². The average Bonchev–Trinajstić information content (AvgIpc) is 2.90. The van der Waals surface area contributed by atoms with E-state index in [4.69, 9.17) is 13.9 Å². The van der Waals surface area contributed by atoms with Crippen LogP contribution in [-0.2, 0) is 18.7 Å². The van der Waals surface area contributed by atoms with Gasteiger partial charge in [0.1, 0.15) is 6.10 Å². The van der Waals surface area contributed by atoms with E-state index in [1.165, 1.54) is 0 Å².